The number of likely N-dealkylation sites (N-methyl/N-ethyl adjacent to an activating group) is 1. The Morgan fingerprint density at radius 3 is 2.73 bits per heavy atom. The third-order valence-corrected chi connectivity index (χ3v) is 2.10. The minimum atomic E-state index is -0.0368. The van der Waals surface area contributed by atoms with Gasteiger partial charge in [-0.1, -0.05) is 6.08 Å². The SMILES string of the molecule is C=CCN(C)C(=O)c1cc(C)cc(N)c1. The highest BCUT2D eigenvalue weighted by Crippen LogP contribution is 2.12. The van der Waals surface area contributed by atoms with Crippen molar-refractivity contribution in [1.29, 1.82) is 0 Å². The summed E-state index contributed by atoms with van der Waals surface area (Å²) in [6.07, 6.45) is 1.69. The van der Waals surface area contributed by atoms with Gasteiger partial charge in [0, 0.05) is 24.8 Å². The molecule has 3 nitrogen and oxygen atoms in total. The van der Waals surface area contributed by atoms with Gasteiger partial charge >= 0.3 is 0 Å². The van der Waals surface area contributed by atoms with E-state index in [-0.39, 0.29) is 5.91 Å². The van der Waals surface area contributed by atoms with Crippen molar-refractivity contribution in [2.45, 2.75) is 6.92 Å². The standard InChI is InChI=1S/C12H16N2O/c1-4-5-14(3)12(15)10-6-9(2)7-11(13)8-10/h4,6-8H,1,5,13H2,2-3H3. The van der Waals surface area contributed by atoms with Gasteiger partial charge in [-0.2, -0.15) is 0 Å². The second-order valence-electron chi connectivity index (χ2n) is 3.61. The van der Waals surface area contributed by atoms with Gasteiger partial charge in [-0.15, -0.1) is 6.58 Å². The van der Waals surface area contributed by atoms with Gasteiger partial charge in [-0.3, -0.25) is 4.79 Å². The molecule has 80 valence electrons. The van der Waals surface area contributed by atoms with Crippen molar-refractivity contribution < 1.29 is 4.79 Å². The lowest BCUT2D eigenvalue weighted by molar-refractivity contribution is 0.0810. The zero-order valence-corrected chi connectivity index (χ0v) is 9.16. The lowest BCUT2D eigenvalue weighted by Gasteiger charge is -2.15. The van der Waals surface area contributed by atoms with Gasteiger partial charge in [0.05, 0.1) is 0 Å². The summed E-state index contributed by atoms with van der Waals surface area (Å²) < 4.78 is 0. The van der Waals surface area contributed by atoms with E-state index < -0.39 is 0 Å². The number of nitrogens with two attached hydrogens (primary N) is 1. The number of anilines is 1. The predicted molar refractivity (Wildman–Crippen MR) is 62.7 cm³/mol. The Labute approximate surface area is 90.2 Å². The molecule has 0 atom stereocenters. The van der Waals surface area contributed by atoms with E-state index in [0.717, 1.165) is 5.56 Å². The highest BCUT2D eigenvalue weighted by molar-refractivity contribution is 5.95. The van der Waals surface area contributed by atoms with Crippen molar-refractivity contribution in [1.82, 2.24) is 4.90 Å². The zero-order valence-electron chi connectivity index (χ0n) is 9.16. The van der Waals surface area contributed by atoms with Crippen LogP contribution in [0.15, 0.2) is 30.9 Å². The molecule has 2 N–H and O–H groups in total. The number of aryl methyl sites for hydroxylation is 1. The summed E-state index contributed by atoms with van der Waals surface area (Å²) in [5.74, 6) is -0.0368. The van der Waals surface area contributed by atoms with E-state index in [1.165, 1.54) is 0 Å². The summed E-state index contributed by atoms with van der Waals surface area (Å²) in [6.45, 7) is 6.04. The maximum Gasteiger partial charge on any atom is 0.253 e. The van der Waals surface area contributed by atoms with Gasteiger partial charge in [0.2, 0.25) is 0 Å². The smallest absolute Gasteiger partial charge is 0.253 e. The van der Waals surface area contributed by atoms with Crippen LogP contribution in [0.25, 0.3) is 0 Å². The van der Waals surface area contributed by atoms with Gasteiger partial charge in [-0.25, -0.2) is 0 Å². The molecular weight excluding hydrogens is 188 g/mol. The first-order valence-corrected chi connectivity index (χ1v) is 4.78. The van der Waals surface area contributed by atoms with E-state index in [1.54, 1.807) is 24.1 Å². The molecule has 0 unspecified atom stereocenters. The molecule has 0 aromatic heterocycles. The predicted octanol–water partition coefficient (Wildman–Crippen LogP) is 1.84. The van der Waals surface area contributed by atoms with Gasteiger partial charge < -0.3 is 10.6 Å². The fourth-order valence-corrected chi connectivity index (χ4v) is 1.43. The van der Waals surface area contributed by atoms with E-state index in [4.69, 9.17) is 5.73 Å². The summed E-state index contributed by atoms with van der Waals surface area (Å²) in [4.78, 5) is 13.5. The monoisotopic (exact) mass is 204 g/mol. The molecule has 0 fully saturated rings. The molecule has 1 aromatic carbocycles. The minimum absolute atomic E-state index is 0.0368. The lowest BCUT2D eigenvalue weighted by atomic mass is 10.1. The second-order valence-corrected chi connectivity index (χ2v) is 3.61. The number of hydrogen-bond donors (Lipinski definition) is 1. The molecule has 1 aromatic rings. The molecule has 3 heteroatoms. The fraction of sp³-hybridized carbons (Fsp3) is 0.250. The summed E-state index contributed by atoms with van der Waals surface area (Å²) in [5.41, 5.74) is 7.91. The third kappa shape index (κ3) is 2.84. The van der Waals surface area contributed by atoms with E-state index >= 15 is 0 Å². The minimum Gasteiger partial charge on any atom is -0.399 e. The van der Waals surface area contributed by atoms with Gasteiger partial charge in [0.15, 0.2) is 0 Å². The number of carbonyl (C=O) groups is 1. The van der Waals surface area contributed by atoms with Crippen LogP contribution in [0.5, 0.6) is 0 Å². The third-order valence-electron chi connectivity index (χ3n) is 2.10. The summed E-state index contributed by atoms with van der Waals surface area (Å²) in [7, 11) is 1.74. The van der Waals surface area contributed by atoms with Crippen LogP contribution in [0.3, 0.4) is 0 Å². The Balaban J connectivity index is 2.95. The molecule has 0 saturated heterocycles. The van der Waals surface area contributed by atoms with E-state index in [9.17, 15) is 4.79 Å². The fourth-order valence-electron chi connectivity index (χ4n) is 1.43. The first-order valence-electron chi connectivity index (χ1n) is 4.78. The van der Waals surface area contributed by atoms with E-state index in [0.29, 0.717) is 17.8 Å². The quantitative estimate of drug-likeness (QED) is 0.603. The number of amides is 1. The molecule has 15 heavy (non-hydrogen) atoms. The van der Waals surface area contributed by atoms with Crippen molar-refractivity contribution in [2.75, 3.05) is 19.3 Å². The number of hydrogen-bond acceptors (Lipinski definition) is 2. The lowest BCUT2D eigenvalue weighted by Crippen LogP contribution is -2.26. The molecule has 0 aliphatic heterocycles. The van der Waals surface area contributed by atoms with Crippen LogP contribution in [-0.4, -0.2) is 24.4 Å². The van der Waals surface area contributed by atoms with Crippen LogP contribution >= 0.6 is 0 Å². The van der Waals surface area contributed by atoms with Crippen LogP contribution in [0, 0.1) is 6.92 Å². The largest absolute Gasteiger partial charge is 0.399 e. The number of nitrogen functional groups attached to an aromatic ring is 1. The van der Waals surface area contributed by atoms with Crippen molar-refractivity contribution in [3.05, 3.63) is 42.0 Å². The molecule has 0 saturated carbocycles. The maximum atomic E-state index is 11.9. The average Bonchev–Trinajstić information content (AvgIpc) is 2.15. The highest BCUT2D eigenvalue weighted by atomic mass is 16.2. The maximum absolute atomic E-state index is 11.9. The Kier molecular flexibility index (Phi) is 3.50. The summed E-state index contributed by atoms with van der Waals surface area (Å²) >= 11 is 0. The molecule has 0 spiro atoms. The van der Waals surface area contributed by atoms with E-state index in [2.05, 4.69) is 6.58 Å². The van der Waals surface area contributed by atoms with Crippen LogP contribution in [0.2, 0.25) is 0 Å². The van der Waals surface area contributed by atoms with Crippen LogP contribution in [0.4, 0.5) is 5.69 Å². The van der Waals surface area contributed by atoms with Gasteiger partial charge in [0.1, 0.15) is 0 Å². The molecule has 0 aliphatic rings. The van der Waals surface area contributed by atoms with Crippen molar-refractivity contribution in [3.63, 3.8) is 0 Å². The van der Waals surface area contributed by atoms with Gasteiger partial charge in [0.25, 0.3) is 5.91 Å². The van der Waals surface area contributed by atoms with Crippen LogP contribution < -0.4 is 5.73 Å². The number of carbonyl (C=O) groups excluding carboxylic acids is 1. The Morgan fingerprint density at radius 2 is 2.20 bits per heavy atom. The number of benzene rings is 1. The second kappa shape index (κ2) is 4.64. The Morgan fingerprint density at radius 1 is 1.53 bits per heavy atom. The molecule has 1 amide bonds. The van der Waals surface area contributed by atoms with E-state index in [1.807, 2.05) is 19.1 Å². The Bertz CT molecular complexity index is 365. The van der Waals surface area contributed by atoms with Gasteiger partial charge in [-0.05, 0) is 30.7 Å². The zero-order chi connectivity index (χ0) is 11.4. The van der Waals surface area contributed by atoms with Crippen LogP contribution in [0.1, 0.15) is 15.9 Å². The topological polar surface area (TPSA) is 46.3 Å². The summed E-state index contributed by atoms with van der Waals surface area (Å²) in [5, 5.41) is 0. The first-order chi connectivity index (χ1) is 7.04. The number of rotatable bonds is 3. The normalized spacial score (nSPS) is 9.73. The highest BCUT2D eigenvalue weighted by Gasteiger charge is 2.10. The first kappa shape index (κ1) is 11.3. The average molecular weight is 204 g/mol. The molecule has 0 radical (unpaired) electrons. The number of nitrogens with zero attached hydrogens (tertiary/aromatic N) is 1. The summed E-state index contributed by atoms with van der Waals surface area (Å²) in [6, 6.07) is 5.36. The van der Waals surface area contributed by atoms with Crippen molar-refractivity contribution in [2.24, 2.45) is 0 Å². The van der Waals surface area contributed by atoms with Crippen molar-refractivity contribution in [3.8, 4) is 0 Å². The van der Waals surface area contributed by atoms with Crippen LogP contribution in [-0.2, 0) is 0 Å². The molecule has 0 heterocycles. The van der Waals surface area contributed by atoms with Crippen molar-refractivity contribution >= 4 is 11.6 Å². The molecular formula is C12H16N2O. The molecule has 1 rings (SSSR count). The molecule has 0 aliphatic carbocycles. The molecule has 0 bridgehead atoms. The Hall–Kier alpha value is -1.77.